The molecular weight excluding hydrogens is 408 g/mol. The van der Waals surface area contributed by atoms with Crippen LogP contribution in [0.5, 0.6) is 11.5 Å². The second-order valence-corrected chi connectivity index (χ2v) is 7.37. The number of ether oxygens (including phenoxy) is 3. The van der Waals surface area contributed by atoms with Crippen molar-refractivity contribution in [2.24, 2.45) is 5.10 Å². The summed E-state index contributed by atoms with van der Waals surface area (Å²) in [6.07, 6.45) is 3.21. The van der Waals surface area contributed by atoms with Gasteiger partial charge in [-0.3, -0.25) is 4.79 Å². The SMILES string of the molecule is C=CCOc1ccc(/C=C2\C(=O)N(c3ccc(C(=O)OC(C)C)cc3)N=C2C)cc1OC. The van der Waals surface area contributed by atoms with Crippen molar-refractivity contribution in [3.8, 4) is 11.5 Å². The maximum absolute atomic E-state index is 13.0. The highest BCUT2D eigenvalue weighted by Gasteiger charge is 2.29. The van der Waals surface area contributed by atoms with E-state index in [9.17, 15) is 9.59 Å². The summed E-state index contributed by atoms with van der Waals surface area (Å²) in [5.41, 5.74) is 2.81. The quantitative estimate of drug-likeness (QED) is 0.344. The zero-order valence-electron chi connectivity index (χ0n) is 18.6. The zero-order chi connectivity index (χ0) is 23.3. The van der Waals surface area contributed by atoms with E-state index in [4.69, 9.17) is 14.2 Å². The number of amides is 1. The first-order chi connectivity index (χ1) is 15.3. The molecule has 0 saturated heterocycles. The molecule has 0 N–H and O–H groups in total. The lowest BCUT2D eigenvalue weighted by Crippen LogP contribution is -2.21. The van der Waals surface area contributed by atoms with Gasteiger partial charge in [0, 0.05) is 0 Å². The van der Waals surface area contributed by atoms with Crippen LogP contribution in [0.1, 0.15) is 36.7 Å². The number of hydrogen-bond acceptors (Lipinski definition) is 6. The molecule has 0 fully saturated rings. The molecule has 0 spiro atoms. The molecule has 0 atom stereocenters. The highest BCUT2D eigenvalue weighted by Crippen LogP contribution is 2.30. The number of carbonyl (C=O) groups excluding carboxylic acids is 2. The van der Waals surface area contributed by atoms with E-state index in [0.717, 1.165) is 5.56 Å². The number of rotatable bonds is 8. The number of nitrogens with zero attached hydrogens (tertiary/aromatic N) is 2. The Morgan fingerprint density at radius 3 is 2.50 bits per heavy atom. The lowest BCUT2D eigenvalue weighted by atomic mass is 10.1. The van der Waals surface area contributed by atoms with Gasteiger partial charge in [0.15, 0.2) is 11.5 Å². The van der Waals surface area contributed by atoms with Crippen LogP contribution in [0, 0.1) is 0 Å². The maximum Gasteiger partial charge on any atom is 0.338 e. The van der Waals surface area contributed by atoms with E-state index in [1.807, 2.05) is 6.07 Å². The molecule has 1 aliphatic rings. The largest absolute Gasteiger partial charge is 0.493 e. The third kappa shape index (κ3) is 5.06. The molecule has 2 aromatic carbocycles. The lowest BCUT2D eigenvalue weighted by molar-refractivity contribution is -0.114. The van der Waals surface area contributed by atoms with Crippen LogP contribution < -0.4 is 14.5 Å². The molecule has 1 aliphatic heterocycles. The first-order valence-corrected chi connectivity index (χ1v) is 10.2. The fraction of sp³-hybridized carbons (Fsp3) is 0.240. The second kappa shape index (κ2) is 9.96. The second-order valence-electron chi connectivity index (χ2n) is 7.37. The smallest absolute Gasteiger partial charge is 0.338 e. The van der Waals surface area contributed by atoms with Gasteiger partial charge in [-0.2, -0.15) is 10.1 Å². The molecule has 0 radical (unpaired) electrons. The molecule has 3 rings (SSSR count). The fourth-order valence-electron chi connectivity index (χ4n) is 3.09. The third-order valence-corrected chi connectivity index (χ3v) is 4.61. The number of hydrogen-bond donors (Lipinski definition) is 0. The summed E-state index contributed by atoms with van der Waals surface area (Å²) >= 11 is 0. The van der Waals surface area contributed by atoms with Crippen LogP contribution in [0.2, 0.25) is 0 Å². The van der Waals surface area contributed by atoms with Crippen LogP contribution in [0.3, 0.4) is 0 Å². The molecule has 0 aromatic heterocycles. The van der Waals surface area contributed by atoms with Crippen molar-refractivity contribution >= 4 is 29.4 Å². The predicted octanol–water partition coefficient (Wildman–Crippen LogP) is 4.63. The van der Waals surface area contributed by atoms with Gasteiger partial charge in [-0.15, -0.1) is 0 Å². The van der Waals surface area contributed by atoms with E-state index in [1.165, 1.54) is 5.01 Å². The Bertz CT molecular complexity index is 1080. The molecule has 0 unspecified atom stereocenters. The molecule has 32 heavy (non-hydrogen) atoms. The van der Waals surface area contributed by atoms with Crippen molar-refractivity contribution in [3.63, 3.8) is 0 Å². The van der Waals surface area contributed by atoms with Crippen molar-refractivity contribution in [1.29, 1.82) is 0 Å². The Morgan fingerprint density at radius 2 is 1.88 bits per heavy atom. The first-order valence-electron chi connectivity index (χ1n) is 10.2. The topological polar surface area (TPSA) is 77.4 Å². The van der Waals surface area contributed by atoms with Crippen LogP contribution in [-0.2, 0) is 9.53 Å². The average Bonchev–Trinajstić information content (AvgIpc) is 3.06. The fourth-order valence-corrected chi connectivity index (χ4v) is 3.09. The van der Waals surface area contributed by atoms with Gasteiger partial charge in [-0.05, 0) is 68.8 Å². The molecule has 0 saturated carbocycles. The molecule has 7 heteroatoms. The van der Waals surface area contributed by atoms with E-state index in [2.05, 4.69) is 11.7 Å². The minimum Gasteiger partial charge on any atom is -0.493 e. The van der Waals surface area contributed by atoms with Crippen LogP contribution in [-0.4, -0.2) is 37.4 Å². The van der Waals surface area contributed by atoms with Gasteiger partial charge >= 0.3 is 5.97 Å². The number of carbonyl (C=O) groups is 2. The van der Waals surface area contributed by atoms with Crippen LogP contribution in [0.15, 0.2) is 65.8 Å². The van der Waals surface area contributed by atoms with Crippen LogP contribution >= 0.6 is 0 Å². The molecule has 1 heterocycles. The number of anilines is 1. The Morgan fingerprint density at radius 1 is 1.16 bits per heavy atom. The molecule has 7 nitrogen and oxygen atoms in total. The summed E-state index contributed by atoms with van der Waals surface area (Å²) in [4.78, 5) is 25.1. The third-order valence-electron chi connectivity index (χ3n) is 4.61. The Labute approximate surface area is 187 Å². The molecule has 1 amide bonds. The van der Waals surface area contributed by atoms with Crippen molar-refractivity contribution in [3.05, 3.63) is 71.8 Å². The summed E-state index contributed by atoms with van der Waals surface area (Å²) in [5.74, 6) is 0.484. The number of hydrazone groups is 1. The van der Waals surface area contributed by atoms with E-state index in [-0.39, 0.29) is 12.0 Å². The Hall–Kier alpha value is -3.87. The molecular formula is C25H26N2O5. The lowest BCUT2D eigenvalue weighted by Gasteiger charge is -2.13. The van der Waals surface area contributed by atoms with Gasteiger partial charge in [-0.25, -0.2) is 4.79 Å². The number of benzene rings is 2. The van der Waals surface area contributed by atoms with Gasteiger partial charge in [0.25, 0.3) is 5.91 Å². The summed E-state index contributed by atoms with van der Waals surface area (Å²) < 4.78 is 16.2. The van der Waals surface area contributed by atoms with E-state index < -0.39 is 5.97 Å². The average molecular weight is 434 g/mol. The maximum atomic E-state index is 13.0. The molecule has 166 valence electrons. The predicted molar refractivity (Wildman–Crippen MR) is 124 cm³/mol. The summed E-state index contributed by atoms with van der Waals surface area (Å²) in [6, 6.07) is 12.0. The van der Waals surface area contributed by atoms with Gasteiger partial charge in [0.1, 0.15) is 6.61 Å². The van der Waals surface area contributed by atoms with Crippen LogP contribution in [0.4, 0.5) is 5.69 Å². The van der Waals surface area contributed by atoms with Gasteiger partial charge in [-0.1, -0.05) is 18.7 Å². The standard InChI is InChI=1S/C25H26N2O5/c1-6-13-31-22-12-7-18(15-23(22)30-5)14-21-17(4)26-27(24(21)28)20-10-8-19(9-11-20)25(29)32-16(2)3/h6-12,14-16H,1,13H2,2-5H3/b21-14-. The Kier molecular flexibility index (Phi) is 7.10. The van der Waals surface area contributed by atoms with Crippen molar-refractivity contribution < 1.29 is 23.8 Å². The molecule has 0 bridgehead atoms. The summed E-state index contributed by atoms with van der Waals surface area (Å²) in [6.45, 7) is 9.36. The minimum atomic E-state index is -0.408. The van der Waals surface area contributed by atoms with Gasteiger partial charge < -0.3 is 14.2 Å². The van der Waals surface area contributed by atoms with Crippen molar-refractivity contribution in [2.45, 2.75) is 26.9 Å². The molecule has 2 aromatic rings. The van der Waals surface area contributed by atoms with Crippen molar-refractivity contribution in [1.82, 2.24) is 0 Å². The highest BCUT2D eigenvalue weighted by molar-refractivity contribution is 6.32. The van der Waals surface area contributed by atoms with E-state index in [1.54, 1.807) is 76.4 Å². The summed E-state index contributed by atoms with van der Waals surface area (Å²) in [5, 5.41) is 5.71. The summed E-state index contributed by atoms with van der Waals surface area (Å²) in [7, 11) is 1.56. The van der Waals surface area contributed by atoms with E-state index >= 15 is 0 Å². The Balaban J connectivity index is 1.81. The highest BCUT2D eigenvalue weighted by atomic mass is 16.5. The monoisotopic (exact) mass is 434 g/mol. The van der Waals surface area contributed by atoms with Crippen molar-refractivity contribution in [2.75, 3.05) is 18.7 Å². The van der Waals surface area contributed by atoms with Gasteiger partial charge in [0.2, 0.25) is 0 Å². The first kappa shape index (κ1) is 22.8. The number of esters is 1. The number of methoxy groups -OCH3 is 1. The van der Waals surface area contributed by atoms with Gasteiger partial charge in [0.05, 0.1) is 35.7 Å². The normalized spacial score (nSPS) is 14.5. The minimum absolute atomic E-state index is 0.205. The molecule has 0 aliphatic carbocycles. The van der Waals surface area contributed by atoms with E-state index in [0.29, 0.717) is 40.6 Å². The van der Waals surface area contributed by atoms with Crippen LogP contribution in [0.25, 0.3) is 6.08 Å². The zero-order valence-corrected chi connectivity index (χ0v) is 18.6.